The lowest BCUT2D eigenvalue weighted by Crippen LogP contribution is -2.44. The van der Waals surface area contributed by atoms with E-state index in [1.807, 2.05) is 24.3 Å². The van der Waals surface area contributed by atoms with Crippen LogP contribution in [0.3, 0.4) is 0 Å². The standard InChI is InChI=1S/C35H34F3N5O3/c36-35(37,38)27-6-7-30(42-33(44)24-9-13-40-14-10-24)29(19-27)25-5-8-31-26(17-25)18-32(46-31)34(45)41-28-11-15-43(16-12-28)21-23-3-1-22(20-39)2-4-23/h1-8,17-19,24,28,40H,9-16,21H2,(H,41,45)(H,42,44). The number of alkyl halides is 3. The molecule has 2 saturated heterocycles. The average molecular weight is 630 g/mol. The van der Waals surface area contributed by atoms with Gasteiger partial charge in [-0.2, -0.15) is 18.4 Å². The number of amides is 2. The molecule has 4 aromatic rings. The van der Waals surface area contributed by atoms with Gasteiger partial charge in [0.15, 0.2) is 5.76 Å². The number of fused-ring (bicyclic) bond motifs is 1. The third kappa shape index (κ3) is 7.25. The Morgan fingerprint density at radius 3 is 2.39 bits per heavy atom. The first-order valence-corrected chi connectivity index (χ1v) is 15.5. The molecular formula is C35H34F3N5O3. The molecule has 8 nitrogen and oxygen atoms in total. The molecule has 2 aliphatic rings. The van der Waals surface area contributed by atoms with Crippen LogP contribution in [-0.2, 0) is 17.5 Å². The van der Waals surface area contributed by atoms with Gasteiger partial charge >= 0.3 is 6.18 Å². The highest BCUT2D eigenvalue weighted by Crippen LogP contribution is 2.38. The van der Waals surface area contributed by atoms with E-state index in [4.69, 9.17) is 9.68 Å². The number of carbonyl (C=O) groups is 2. The van der Waals surface area contributed by atoms with Gasteiger partial charge in [0.05, 0.1) is 17.2 Å². The maximum atomic E-state index is 13.7. The molecule has 0 aliphatic carbocycles. The number of anilines is 1. The number of carbonyl (C=O) groups excluding carboxylic acids is 2. The predicted molar refractivity (Wildman–Crippen MR) is 168 cm³/mol. The molecule has 46 heavy (non-hydrogen) atoms. The van der Waals surface area contributed by atoms with Crippen molar-refractivity contribution in [1.29, 1.82) is 5.26 Å². The summed E-state index contributed by atoms with van der Waals surface area (Å²) in [6.07, 6.45) is -1.70. The van der Waals surface area contributed by atoms with Crippen LogP contribution < -0.4 is 16.0 Å². The van der Waals surface area contributed by atoms with Crippen molar-refractivity contribution in [2.24, 2.45) is 5.92 Å². The van der Waals surface area contributed by atoms with Crippen LogP contribution in [0.25, 0.3) is 22.1 Å². The number of rotatable bonds is 7. The Morgan fingerprint density at radius 1 is 0.957 bits per heavy atom. The number of likely N-dealkylation sites (tertiary alicyclic amines) is 1. The van der Waals surface area contributed by atoms with Crippen LogP contribution in [-0.4, -0.2) is 48.9 Å². The zero-order valence-corrected chi connectivity index (χ0v) is 25.1. The third-order valence-electron chi connectivity index (χ3n) is 8.78. The molecule has 3 heterocycles. The highest BCUT2D eigenvalue weighted by molar-refractivity contribution is 6.00. The molecule has 2 fully saturated rings. The Hall–Kier alpha value is -4.66. The Kier molecular flexibility index (Phi) is 9.10. The van der Waals surface area contributed by atoms with Gasteiger partial charge in [-0.3, -0.25) is 14.5 Å². The predicted octanol–water partition coefficient (Wildman–Crippen LogP) is 6.32. The van der Waals surface area contributed by atoms with Crippen molar-refractivity contribution in [3.8, 4) is 17.2 Å². The largest absolute Gasteiger partial charge is 0.451 e. The van der Waals surface area contributed by atoms with Crippen molar-refractivity contribution >= 4 is 28.5 Å². The first-order valence-electron chi connectivity index (χ1n) is 15.5. The van der Waals surface area contributed by atoms with Crippen molar-refractivity contribution in [2.45, 2.75) is 44.4 Å². The van der Waals surface area contributed by atoms with Crippen molar-refractivity contribution < 1.29 is 27.2 Å². The van der Waals surface area contributed by atoms with Crippen LogP contribution in [0.2, 0.25) is 0 Å². The maximum Gasteiger partial charge on any atom is 0.416 e. The van der Waals surface area contributed by atoms with E-state index < -0.39 is 11.7 Å². The van der Waals surface area contributed by atoms with Crippen molar-refractivity contribution in [1.82, 2.24) is 15.5 Å². The third-order valence-corrected chi connectivity index (χ3v) is 8.78. The highest BCUT2D eigenvalue weighted by atomic mass is 19.4. The Morgan fingerprint density at radius 2 is 1.70 bits per heavy atom. The number of hydrogen-bond acceptors (Lipinski definition) is 6. The molecule has 0 atom stereocenters. The number of nitrogens with zero attached hydrogens (tertiary/aromatic N) is 2. The molecule has 0 saturated carbocycles. The second-order valence-corrected chi connectivity index (χ2v) is 12.0. The lowest BCUT2D eigenvalue weighted by Gasteiger charge is -2.32. The molecule has 11 heteroatoms. The SMILES string of the molecule is N#Cc1ccc(CN2CCC(NC(=O)c3cc4cc(-c5cc(C(F)(F)F)ccc5NC(=O)C5CCNCC5)ccc4o3)CC2)cc1. The van der Waals surface area contributed by atoms with Gasteiger partial charge in [-0.1, -0.05) is 18.2 Å². The highest BCUT2D eigenvalue weighted by Gasteiger charge is 2.32. The minimum absolute atomic E-state index is 0.0234. The van der Waals surface area contributed by atoms with Crippen LogP contribution in [0.4, 0.5) is 18.9 Å². The molecule has 0 unspecified atom stereocenters. The summed E-state index contributed by atoms with van der Waals surface area (Å²) in [6, 6.07) is 19.5. The average Bonchev–Trinajstić information content (AvgIpc) is 3.50. The fourth-order valence-electron chi connectivity index (χ4n) is 6.14. The Labute approximate surface area is 264 Å². The molecule has 0 bridgehead atoms. The van der Waals surface area contributed by atoms with Gasteiger partial charge in [-0.15, -0.1) is 0 Å². The van der Waals surface area contributed by atoms with E-state index in [0.717, 1.165) is 50.2 Å². The van der Waals surface area contributed by atoms with E-state index in [0.29, 0.717) is 53.7 Å². The van der Waals surface area contributed by atoms with Gasteiger partial charge < -0.3 is 20.4 Å². The number of hydrogen-bond donors (Lipinski definition) is 3. The van der Waals surface area contributed by atoms with Crippen LogP contribution in [0.1, 0.15) is 52.9 Å². The van der Waals surface area contributed by atoms with E-state index in [2.05, 4.69) is 26.9 Å². The number of piperidine rings is 2. The minimum Gasteiger partial charge on any atom is -0.451 e. The second-order valence-electron chi connectivity index (χ2n) is 12.0. The van der Waals surface area contributed by atoms with E-state index in [1.54, 1.807) is 24.3 Å². The zero-order chi connectivity index (χ0) is 32.3. The summed E-state index contributed by atoms with van der Waals surface area (Å²) in [5, 5.41) is 18.7. The molecule has 3 aromatic carbocycles. The zero-order valence-electron chi connectivity index (χ0n) is 25.1. The molecule has 2 aliphatic heterocycles. The molecule has 0 radical (unpaired) electrons. The molecular weight excluding hydrogens is 595 g/mol. The number of halogens is 3. The topological polar surface area (TPSA) is 110 Å². The Balaban J connectivity index is 1.14. The summed E-state index contributed by atoms with van der Waals surface area (Å²) < 4.78 is 46.9. The van der Waals surface area contributed by atoms with Crippen LogP contribution in [0.5, 0.6) is 0 Å². The van der Waals surface area contributed by atoms with Crippen LogP contribution >= 0.6 is 0 Å². The first-order chi connectivity index (χ1) is 22.2. The Bertz CT molecular complexity index is 1760. The van der Waals surface area contributed by atoms with E-state index >= 15 is 0 Å². The molecule has 1 aromatic heterocycles. The normalized spacial score (nSPS) is 16.7. The van der Waals surface area contributed by atoms with E-state index in [1.165, 1.54) is 6.07 Å². The summed E-state index contributed by atoms with van der Waals surface area (Å²) in [5.74, 6) is -0.664. The fourth-order valence-corrected chi connectivity index (χ4v) is 6.14. The van der Waals surface area contributed by atoms with Crippen molar-refractivity contribution in [3.05, 3.63) is 89.2 Å². The van der Waals surface area contributed by atoms with Gasteiger partial charge in [-0.05, 0) is 98.4 Å². The lowest BCUT2D eigenvalue weighted by atomic mass is 9.96. The minimum atomic E-state index is -4.56. The monoisotopic (exact) mass is 629 g/mol. The summed E-state index contributed by atoms with van der Waals surface area (Å²) >= 11 is 0. The number of benzene rings is 3. The maximum absolute atomic E-state index is 13.7. The summed E-state index contributed by atoms with van der Waals surface area (Å²) in [5.41, 5.74) is 2.35. The van der Waals surface area contributed by atoms with E-state index in [-0.39, 0.29) is 35.1 Å². The summed E-state index contributed by atoms with van der Waals surface area (Å²) in [7, 11) is 0. The van der Waals surface area contributed by atoms with Gasteiger partial charge in [-0.25, -0.2) is 0 Å². The number of nitriles is 1. The van der Waals surface area contributed by atoms with Gasteiger partial charge in [0.2, 0.25) is 5.91 Å². The van der Waals surface area contributed by atoms with Gasteiger partial charge in [0.1, 0.15) is 5.58 Å². The van der Waals surface area contributed by atoms with Gasteiger partial charge in [0, 0.05) is 48.2 Å². The van der Waals surface area contributed by atoms with Crippen molar-refractivity contribution in [3.63, 3.8) is 0 Å². The fraction of sp³-hybridized carbons (Fsp3) is 0.343. The molecule has 238 valence electrons. The van der Waals surface area contributed by atoms with Crippen LogP contribution in [0.15, 0.2) is 71.1 Å². The van der Waals surface area contributed by atoms with Gasteiger partial charge in [0.25, 0.3) is 5.91 Å². The first kappa shape index (κ1) is 31.3. The quantitative estimate of drug-likeness (QED) is 0.221. The summed E-state index contributed by atoms with van der Waals surface area (Å²) in [4.78, 5) is 28.4. The summed E-state index contributed by atoms with van der Waals surface area (Å²) in [6.45, 7) is 3.81. The number of furan rings is 1. The molecule has 2 amide bonds. The second kappa shape index (κ2) is 13.4. The van der Waals surface area contributed by atoms with E-state index in [9.17, 15) is 22.8 Å². The lowest BCUT2D eigenvalue weighted by molar-refractivity contribution is -0.137. The molecule has 0 spiro atoms. The van der Waals surface area contributed by atoms with Crippen LogP contribution in [0, 0.1) is 17.2 Å². The number of nitrogens with one attached hydrogen (secondary N) is 3. The smallest absolute Gasteiger partial charge is 0.416 e. The molecule has 6 rings (SSSR count). The molecule has 3 N–H and O–H groups in total. The van der Waals surface area contributed by atoms with Crippen molar-refractivity contribution in [2.75, 3.05) is 31.5 Å².